The molecule has 1 aromatic rings. The lowest BCUT2D eigenvalue weighted by Crippen LogP contribution is -2.22. The van der Waals surface area contributed by atoms with E-state index in [1.807, 2.05) is 0 Å². The van der Waals surface area contributed by atoms with Gasteiger partial charge in [0.2, 0.25) is 6.79 Å². The topological polar surface area (TPSA) is 44.5 Å². The van der Waals surface area contributed by atoms with Crippen molar-refractivity contribution in [1.29, 1.82) is 0 Å². The van der Waals surface area contributed by atoms with E-state index in [4.69, 9.17) is 15.2 Å². The second-order valence-electron chi connectivity index (χ2n) is 5.19. The van der Waals surface area contributed by atoms with Gasteiger partial charge in [0.15, 0.2) is 11.5 Å². The standard InChI is InChI=1S/C14H19NO2/c1-2-10-7-12-13(17-9-16-12)8-11(10)3-4-14(15)5-6-14/h7-8H,2-6,9,15H2,1H3. The molecule has 0 atom stereocenters. The van der Waals surface area contributed by atoms with Gasteiger partial charge in [-0.15, -0.1) is 0 Å². The summed E-state index contributed by atoms with van der Waals surface area (Å²) in [6.07, 6.45) is 5.53. The minimum atomic E-state index is 0.126. The smallest absolute Gasteiger partial charge is 0.231 e. The Kier molecular flexibility index (Phi) is 2.51. The van der Waals surface area contributed by atoms with E-state index < -0.39 is 0 Å². The van der Waals surface area contributed by atoms with E-state index in [2.05, 4.69) is 19.1 Å². The summed E-state index contributed by atoms with van der Waals surface area (Å²) in [5, 5.41) is 0. The van der Waals surface area contributed by atoms with Crippen molar-refractivity contribution < 1.29 is 9.47 Å². The number of nitrogens with two attached hydrogens (primary N) is 1. The van der Waals surface area contributed by atoms with Gasteiger partial charge >= 0.3 is 0 Å². The maximum atomic E-state index is 6.14. The fourth-order valence-electron chi connectivity index (χ4n) is 2.38. The quantitative estimate of drug-likeness (QED) is 0.868. The molecular formula is C14H19NO2. The van der Waals surface area contributed by atoms with Crippen LogP contribution < -0.4 is 15.2 Å². The highest BCUT2D eigenvalue weighted by molar-refractivity contribution is 5.49. The maximum absolute atomic E-state index is 6.14. The average molecular weight is 233 g/mol. The van der Waals surface area contributed by atoms with Crippen molar-refractivity contribution in [1.82, 2.24) is 0 Å². The zero-order chi connectivity index (χ0) is 11.9. The first-order valence-corrected chi connectivity index (χ1v) is 6.40. The van der Waals surface area contributed by atoms with Gasteiger partial charge in [0.1, 0.15) is 0 Å². The first-order valence-electron chi connectivity index (χ1n) is 6.40. The van der Waals surface area contributed by atoms with Crippen LogP contribution in [0, 0.1) is 0 Å². The van der Waals surface area contributed by atoms with Gasteiger partial charge in [0.05, 0.1) is 0 Å². The molecule has 0 saturated heterocycles. The van der Waals surface area contributed by atoms with Gasteiger partial charge in [0.25, 0.3) is 0 Å². The van der Waals surface area contributed by atoms with Gasteiger partial charge < -0.3 is 15.2 Å². The average Bonchev–Trinajstić information content (AvgIpc) is 2.91. The van der Waals surface area contributed by atoms with Crippen LogP contribution in [0.3, 0.4) is 0 Å². The molecule has 3 heteroatoms. The highest BCUT2D eigenvalue weighted by atomic mass is 16.7. The summed E-state index contributed by atoms with van der Waals surface area (Å²) in [5.41, 5.74) is 9.00. The van der Waals surface area contributed by atoms with Gasteiger partial charge in [-0.3, -0.25) is 0 Å². The van der Waals surface area contributed by atoms with Crippen LogP contribution in [0.2, 0.25) is 0 Å². The van der Waals surface area contributed by atoms with E-state index in [1.165, 1.54) is 24.0 Å². The summed E-state index contributed by atoms with van der Waals surface area (Å²) in [6, 6.07) is 4.25. The minimum Gasteiger partial charge on any atom is -0.454 e. The van der Waals surface area contributed by atoms with Crippen molar-refractivity contribution >= 4 is 0 Å². The summed E-state index contributed by atoms with van der Waals surface area (Å²) in [7, 11) is 0. The fourth-order valence-corrected chi connectivity index (χ4v) is 2.38. The zero-order valence-corrected chi connectivity index (χ0v) is 10.3. The second-order valence-corrected chi connectivity index (χ2v) is 5.19. The molecule has 1 aliphatic carbocycles. The van der Waals surface area contributed by atoms with Crippen LogP contribution >= 0.6 is 0 Å². The highest BCUT2D eigenvalue weighted by Gasteiger charge is 2.37. The van der Waals surface area contributed by atoms with E-state index >= 15 is 0 Å². The van der Waals surface area contributed by atoms with E-state index in [9.17, 15) is 0 Å². The van der Waals surface area contributed by atoms with Gasteiger partial charge in [-0.1, -0.05) is 6.92 Å². The molecule has 3 nitrogen and oxygen atoms in total. The minimum absolute atomic E-state index is 0.126. The third kappa shape index (κ3) is 2.12. The molecule has 1 aliphatic heterocycles. The SMILES string of the molecule is CCc1cc2c(cc1CCC1(N)CC1)OCO2. The Labute approximate surface area is 102 Å². The molecule has 0 aromatic heterocycles. The Morgan fingerprint density at radius 1 is 1.18 bits per heavy atom. The lowest BCUT2D eigenvalue weighted by Gasteiger charge is -2.12. The van der Waals surface area contributed by atoms with Crippen molar-refractivity contribution in [3.8, 4) is 11.5 Å². The molecule has 0 bridgehead atoms. The molecule has 1 aromatic carbocycles. The summed E-state index contributed by atoms with van der Waals surface area (Å²) in [4.78, 5) is 0. The Bertz CT molecular complexity index is 438. The summed E-state index contributed by atoms with van der Waals surface area (Å²) in [5.74, 6) is 1.78. The van der Waals surface area contributed by atoms with Gasteiger partial charge in [-0.2, -0.15) is 0 Å². The third-order valence-electron chi connectivity index (χ3n) is 3.86. The lowest BCUT2D eigenvalue weighted by molar-refractivity contribution is 0.174. The monoisotopic (exact) mass is 233 g/mol. The van der Waals surface area contributed by atoms with Crippen LogP contribution in [-0.2, 0) is 12.8 Å². The third-order valence-corrected chi connectivity index (χ3v) is 3.86. The predicted molar refractivity (Wildman–Crippen MR) is 66.4 cm³/mol. The molecule has 0 spiro atoms. The van der Waals surface area contributed by atoms with Gasteiger partial charge in [-0.25, -0.2) is 0 Å². The molecular weight excluding hydrogens is 214 g/mol. The normalized spacial score (nSPS) is 19.4. The number of benzene rings is 1. The predicted octanol–water partition coefficient (Wildman–Crippen LogP) is 2.40. The van der Waals surface area contributed by atoms with Crippen molar-refractivity contribution in [2.24, 2.45) is 5.73 Å². The lowest BCUT2D eigenvalue weighted by atomic mass is 9.97. The molecule has 1 fully saturated rings. The largest absolute Gasteiger partial charge is 0.454 e. The molecule has 0 amide bonds. The van der Waals surface area contributed by atoms with Crippen LogP contribution in [0.4, 0.5) is 0 Å². The molecule has 2 N–H and O–H groups in total. The summed E-state index contributed by atoms with van der Waals surface area (Å²) < 4.78 is 10.8. The highest BCUT2D eigenvalue weighted by Crippen LogP contribution is 2.39. The van der Waals surface area contributed by atoms with Crippen LogP contribution in [-0.4, -0.2) is 12.3 Å². The molecule has 2 aliphatic rings. The van der Waals surface area contributed by atoms with E-state index in [1.54, 1.807) is 0 Å². The Balaban J connectivity index is 1.81. The second kappa shape index (κ2) is 3.91. The molecule has 0 radical (unpaired) electrons. The van der Waals surface area contributed by atoms with Gasteiger partial charge in [-0.05, 0) is 55.4 Å². The van der Waals surface area contributed by atoms with Crippen molar-refractivity contribution in [3.05, 3.63) is 23.3 Å². The van der Waals surface area contributed by atoms with E-state index in [-0.39, 0.29) is 5.54 Å². The van der Waals surface area contributed by atoms with Gasteiger partial charge in [0, 0.05) is 5.54 Å². The zero-order valence-electron chi connectivity index (χ0n) is 10.3. The summed E-state index contributed by atoms with van der Waals surface area (Å²) in [6.45, 7) is 2.53. The van der Waals surface area contributed by atoms with E-state index in [0.717, 1.165) is 30.8 Å². The number of ether oxygens (including phenoxy) is 2. The van der Waals surface area contributed by atoms with Crippen molar-refractivity contribution in [3.63, 3.8) is 0 Å². The van der Waals surface area contributed by atoms with Crippen LogP contribution in [0.25, 0.3) is 0 Å². The Hall–Kier alpha value is -1.22. The van der Waals surface area contributed by atoms with E-state index in [0.29, 0.717) is 6.79 Å². The van der Waals surface area contributed by atoms with Crippen molar-refractivity contribution in [2.45, 2.75) is 44.6 Å². The molecule has 3 rings (SSSR count). The molecule has 0 unspecified atom stereocenters. The van der Waals surface area contributed by atoms with Crippen LogP contribution in [0.15, 0.2) is 12.1 Å². The number of rotatable bonds is 4. The number of hydrogen-bond donors (Lipinski definition) is 1. The number of hydrogen-bond acceptors (Lipinski definition) is 3. The fraction of sp³-hybridized carbons (Fsp3) is 0.571. The first kappa shape index (κ1) is 10.9. The molecule has 17 heavy (non-hydrogen) atoms. The summed E-state index contributed by atoms with van der Waals surface area (Å²) >= 11 is 0. The maximum Gasteiger partial charge on any atom is 0.231 e. The molecule has 1 saturated carbocycles. The Morgan fingerprint density at radius 3 is 2.41 bits per heavy atom. The number of fused-ring (bicyclic) bond motifs is 1. The number of aryl methyl sites for hydroxylation is 2. The van der Waals surface area contributed by atoms with Crippen molar-refractivity contribution in [2.75, 3.05) is 6.79 Å². The molecule has 92 valence electrons. The Morgan fingerprint density at radius 2 is 1.82 bits per heavy atom. The van der Waals surface area contributed by atoms with Crippen LogP contribution in [0.5, 0.6) is 11.5 Å². The first-order chi connectivity index (χ1) is 8.20. The van der Waals surface area contributed by atoms with Crippen LogP contribution in [0.1, 0.15) is 37.3 Å². The molecule has 1 heterocycles.